The number of unbranched alkanes of at least 4 members (excludes halogenated alkanes) is 1. The van der Waals surface area contributed by atoms with Crippen molar-refractivity contribution in [3.63, 3.8) is 0 Å². The fraction of sp³-hybridized carbons (Fsp3) is 0.391. The van der Waals surface area contributed by atoms with Gasteiger partial charge in [-0.15, -0.1) is 11.8 Å². The van der Waals surface area contributed by atoms with Crippen molar-refractivity contribution >= 4 is 44.6 Å². The van der Waals surface area contributed by atoms with E-state index in [-0.39, 0.29) is 11.4 Å². The van der Waals surface area contributed by atoms with Crippen LogP contribution in [-0.4, -0.2) is 23.1 Å². The summed E-state index contributed by atoms with van der Waals surface area (Å²) in [5, 5.41) is 0.955. The maximum atomic E-state index is 14.7. The summed E-state index contributed by atoms with van der Waals surface area (Å²) in [5.41, 5.74) is 8.43. The van der Waals surface area contributed by atoms with Crippen LogP contribution in [0.3, 0.4) is 0 Å². The maximum Gasteiger partial charge on any atom is 0.146 e. The molecule has 3 nitrogen and oxygen atoms in total. The second-order valence-electron chi connectivity index (χ2n) is 7.47. The zero-order chi connectivity index (χ0) is 22.0. The normalized spacial score (nSPS) is 14.8. The summed E-state index contributed by atoms with van der Waals surface area (Å²) in [6.45, 7) is 10.1. The molecule has 1 rings (SSSR count). The highest BCUT2D eigenvalue weighted by atomic mass is 79.9. The number of rotatable bonds is 7. The predicted molar refractivity (Wildman–Crippen MR) is 132 cm³/mol. The van der Waals surface area contributed by atoms with Gasteiger partial charge in [0.2, 0.25) is 0 Å². The van der Waals surface area contributed by atoms with Crippen LogP contribution >= 0.6 is 27.7 Å². The SMILES string of the molecule is CCC/C=C(/C=C\N=C(C)SC)C(\C=NC(C)(C)C)=C(\N)c1cccc(Br)c1F. The minimum Gasteiger partial charge on any atom is -0.398 e. The van der Waals surface area contributed by atoms with E-state index in [2.05, 4.69) is 38.9 Å². The van der Waals surface area contributed by atoms with E-state index in [9.17, 15) is 4.39 Å². The lowest BCUT2D eigenvalue weighted by Crippen LogP contribution is -2.12. The Morgan fingerprint density at radius 3 is 2.59 bits per heavy atom. The number of allylic oxidation sites excluding steroid dienone is 4. The first-order chi connectivity index (χ1) is 13.6. The molecule has 0 aromatic heterocycles. The molecule has 0 unspecified atom stereocenters. The molecule has 29 heavy (non-hydrogen) atoms. The van der Waals surface area contributed by atoms with Crippen LogP contribution in [-0.2, 0) is 0 Å². The average Bonchev–Trinajstić information content (AvgIpc) is 2.66. The lowest BCUT2D eigenvalue weighted by Gasteiger charge is -2.15. The zero-order valence-corrected chi connectivity index (χ0v) is 20.5. The molecule has 0 amide bonds. The molecule has 0 saturated heterocycles. The van der Waals surface area contributed by atoms with Crippen LogP contribution in [0.4, 0.5) is 4.39 Å². The highest BCUT2D eigenvalue weighted by molar-refractivity contribution is 9.10. The standard InChI is InChI=1S/C23H31BrFN3S/c1-7-8-10-17(13-14-27-16(2)29-6)19(15-28-23(3,4)5)22(26)18-11-9-12-20(24)21(18)25/h9-15H,7-8,26H2,1-6H3/b14-13-,17-10-,22-19+,27-16?,28-15?. The Morgan fingerprint density at radius 1 is 1.31 bits per heavy atom. The van der Waals surface area contributed by atoms with Crippen molar-refractivity contribution in [1.82, 2.24) is 0 Å². The van der Waals surface area contributed by atoms with Gasteiger partial charge in [0.25, 0.3) is 0 Å². The fourth-order valence-corrected chi connectivity index (χ4v) is 2.79. The van der Waals surface area contributed by atoms with Crippen molar-refractivity contribution in [2.24, 2.45) is 15.7 Å². The molecule has 0 radical (unpaired) electrons. The molecule has 2 N–H and O–H groups in total. The van der Waals surface area contributed by atoms with Crippen LogP contribution in [0.25, 0.3) is 5.70 Å². The Kier molecular flexibility index (Phi) is 10.6. The summed E-state index contributed by atoms with van der Waals surface area (Å²) in [5.74, 6) is -0.387. The molecule has 0 heterocycles. The highest BCUT2D eigenvalue weighted by Gasteiger charge is 2.15. The number of hydrogen-bond acceptors (Lipinski definition) is 4. The van der Waals surface area contributed by atoms with Crippen molar-refractivity contribution in [3.8, 4) is 0 Å². The largest absolute Gasteiger partial charge is 0.398 e. The van der Waals surface area contributed by atoms with E-state index in [1.807, 2.05) is 40.0 Å². The minimum absolute atomic E-state index is 0.283. The van der Waals surface area contributed by atoms with Gasteiger partial charge in [0.05, 0.1) is 20.8 Å². The highest BCUT2D eigenvalue weighted by Crippen LogP contribution is 2.27. The Hall–Kier alpha value is -1.66. The van der Waals surface area contributed by atoms with Gasteiger partial charge in [-0.05, 0) is 80.1 Å². The average molecular weight is 480 g/mol. The van der Waals surface area contributed by atoms with E-state index < -0.39 is 0 Å². The van der Waals surface area contributed by atoms with Crippen molar-refractivity contribution < 1.29 is 4.39 Å². The minimum atomic E-state index is -0.387. The summed E-state index contributed by atoms with van der Waals surface area (Å²) < 4.78 is 15.1. The monoisotopic (exact) mass is 479 g/mol. The Labute approximate surface area is 187 Å². The van der Waals surface area contributed by atoms with E-state index in [0.29, 0.717) is 21.3 Å². The third-order valence-electron chi connectivity index (χ3n) is 3.88. The summed E-state index contributed by atoms with van der Waals surface area (Å²) in [4.78, 5) is 9.05. The molecule has 0 bridgehead atoms. The second-order valence-corrected chi connectivity index (χ2v) is 9.33. The smallest absolute Gasteiger partial charge is 0.146 e. The van der Waals surface area contributed by atoms with Gasteiger partial charge in [0.1, 0.15) is 5.82 Å². The van der Waals surface area contributed by atoms with Crippen LogP contribution < -0.4 is 5.73 Å². The maximum absolute atomic E-state index is 14.7. The molecule has 0 saturated carbocycles. The predicted octanol–water partition coefficient (Wildman–Crippen LogP) is 7.15. The van der Waals surface area contributed by atoms with Crippen LogP contribution in [0.2, 0.25) is 0 Å². The third-order valence-corrected chi connectivity index (χ3v) is 5.19. The first-order valence-electron chi connectivity index (χ1n) is 9.55. The molecule has 1 aromatic rings. The van der Waals surface area contributed by atoms with Crippen LogP contribution in [0.1, 0.15) is 53.0 Å². The zero-order valence-electron chi connectivity index (χ0n) is 18.1. The van der Waals surface area contributed by atoms with E-state index in [1.54, 1.807) is 42.4 Å². The molecule has 0 aliphatic heterocycles. The number of halogens is 2. The molecule has 0 aliphatic carbocycles. The second kappa shape index (κ2) is 12.1. The molecular formula is C23H31BrFN3S. The summed E-state index contributed by atoms with van der Waals surface area (Å²) >= 11 is 4.83. The van der Waals surface area contributed by atoms with Gasteiger partial charge in [-0.1, -0.05) is 25.5 Å². The number of thioether (sulfide) groups is 1. The number of benzene rings is 1. The topological polar surface area (TPSA) is 50.7 Å². The van der Waals surface area contributed by atoms with E-state index in [4.69, 9.17) is 5.73 Å². The quantitative estimate of drug-likeness (QED) is 0.256. The first-order valence-corrected chi connectivity index (χ1v) is 11.6. The summed E-state index contributed by atoms with van der Waals surface area (Å²) in [6, 6.07) is 5.10. The first kappa shape index (κ1) is 25.4. The molecule has 6 heteroatoms. The number of aliphatic imine (C=N–C) groups is 2. The van der Waals surface area contributed by atoms with Gasteiger partial charge in [-0.3, -0.25) is 9.98 Å². The van der Waals surface area contributed by atoms with Crippen LogP contribution in [0, 0.1) is 5.82 Å². The Morgan fingerprint density at radius 2 is 2.00 bits per heavy atom. The lowest BCUT2D eigenvalue weighted by atomic mass is 9.98. The van der Waals surface area contributed by atoms with Crippen LogP contribution in [0.5, 0.6) is 0 Å². The van der Waals surface area contributed by atoms with Crippen molar-refractivity contribution in [2.75, 3.05) is 6.26 Å². The van der Waals surface area contributed by atoms with E-state index in [1.165, 1.54) is 0 Å². The fourth-order valence-electron chi connectivity index (χ4n) is 2.26. The van der Waals surface area contributed by atoms with Gasteiger partial charge in [-0.25, -0.2) is 4.39 Å². The molecule has 0 atom stereocenters. The van der Waals surface area contributed by atoms with Gasteiger partial charge in [0.15, 0.2) is 0 Å². The van der Waals surface area contributed by atoms with E-state index >= 15 is 0 Å². The Bertz CT molecular complexity index is 846. The molecule has 1 aromatic carbocycles. The van der Waals surface area contributed by atoms with Crippen molar-refractivity contribution in [3.05, 3.63) is 63.6 Å². The molecule has 0 spiro atoms. The third kappa shape index (κ3) is 8.70. The van der Waals surface area contributed by atoms with Crippen molar-refractivity contribution in [2.45, 2.75) is 53.0 Å². The van der Waals surface area contributed by atoms with Gasteiger partial charge >= 0.3 is 0 Å². The molecular weight excluding hydrogens is 449 g/mol. The summed E-state index contributed by atoms with van der Waals surface area (Å²) in [6.07, 6.45) is 11.3. The van der Waals surface area contributed by atoms with Gasteiger partial charge < -0.3 is 5.73 Å². The van der Waals surface area contributed by atoms with E-state index in [0.717, 1.165) is 23.5 Å². The molecule has 0 fully saturated rings. The molecule has 0 aliphatic rings. The number of nitrogens with two attached hydrogens (primary N) is 1. The van der Waals surface area contributed by atoms with Gasteiger partial charge in [-0.2, -0.15) is 0 Å². The van der Waals surface area contributed by atoms with Crippen molar-refractivity contribution in [1.29, 1.82) is 0 Å². The molecule has 158 valence electrons. The Balaban J connectivity index is 3.66. The van der Waals surface area contributed by atoms with Gasteiger partial charge in [0, 0.05) is 23.6 Å². The number of nitrogens with zero attached hydrogens (tertiary/aromatic N) is 2. The lowest BCUT2D eigenvalue weighted by molar-refractivity contribution is 0.586. The van der Waals surface area contributed by atoms with Crippen LogP contribution in [0.15, 0.2) is 62.2 Å². The number of hydrogen-bond donors (Lipinski definition) is 1. The summed E-state index contributed by atoms with van der Waals surface area (Å²) in [7, 11) is 0.